The maximum absolute atomic E-state index is 13.8. The van der Waals surface area contributed by atoms with Crippen molar-refractivity contribution in [2.45, 2.75) is 44.4 Å². The molecule has 0 aliphatic rings. The molecule has 0 unspecified atom stereocenters. The van der Waals surface area contributed by atoms with E-state index in [1.165, 1.54) is 31.2 Å². The Morgan fingerprint density at radius 3 is 2.19 bits per heavy atom. The van der Waals surface area contributed by atoms with E-state index in [9.17, 15) is 18.0 Å². The Morgan fingerprint density at radius 1 is 0.929 bits per heavy atom. The molecule has 2 amide bonds. The number of amides is 2. The van der Waals surface area contributed by atoms with Crippen molar-refractivity contribution in [2.24, 2.45) is 0 Å². The third kappa shape index (κ3) is 7.64. The zero-order valence-corrected chi connectivity index (χ0v) is 25.5. The average Bonchev–Trinajstić information content (AvgIpc) is 3.35. The van der Waals surface area contributed by atoms with Crippen LogP contribution < -0.4 is 10.6 Å². The summed E-state index contributed by atoms with van der Waals surface area (Å²) in [5, 5.41) is 10.6. The van der Waals surface area contributed by atoms with E-state index in [1.807, 2.05) is 57.2 Å². The zero-order chi connectivity index (χ0) is 30.5. The van der Waals surface area contributed by atoms with Crippen molar-refractivity contribution in [1.82, 2.24) is 14.1 Å². The fraction of sp³-hybridized carbons (Fsp3) is 0.258. The molecular weight excluding hydrogens is 574 g/mol. The van der Waals surface area contributed by atoms with Gasteiger partial charge in [-0.1, -0.05) is 74.8 Å². The molecular formula is C31H34ClN5O4S. The van der Waals surface area contributed by atoms with E-state index in [4.69, 9.17) is 16.7 Å². The second-order valence-electron chi connectivity index (χ2n) is 10.9. The topological polar surface area (TPSA) is 113 Å². The van der Waals surface area contributed by atoms with Gasteiger partial charge in [0.2, 0.25) is 21.8 Å². The number of hydrogen-bond acceptors (Lipinski definition) is 5. The molecule has 1 heterocycles. The minimum absolute atomic E-state index is 0.00796. The molecule has 0 fully saturated rings. The maximum atomic E-state index is 13.8. The number of rotatable bonds is 10. The molecule has 1 aromatic heterocycles. The van der Waals surface area contributed by atoms with Gasteiger partial charge in [-0.15, -0.1) is 0 Å². The van der Waals surface area contributed by atoms with Crippen LogP contribution in [0.1, 0.15) is 39.0 Å². The molecule has 2 N–H and O–H groups in total. The molecule has 0 bridgehead atoms. The third-order valence-electron chi connectivity index (χ3n) is 6.45. The van der Waals surface area contributed by atoms with E-state index in [-0.39, 0.29) is 22.8 Å². The molecule has 0 spiro atoms. The summed E-state index contributed by atoms with van der Waals surface area (Å²) in [6.45, 7) is 7.04. The van der Waals surface area contributed by atoms with Crippen LogP contribution in [0.2, 0.25) is 5.02 Å². The second-order valence-corrected chi connectivity index (χ2v) is 13.2. The first-order valence-corrected chi connectivity index (χ1v) is 15.2. The molecule has 0 atom stereocenters. The molecule has 0 radical (unpaired) electrons. The van der Waals surface area contributed by atoms with Crippen molar-refractivity contribution in [1.29, 1.82) is 0 Å². The van der Waals surface area contributed by atoms with E-state index in [2.05, 4.69) is 10.6 Å². The van der Waals surface area contributed by atoms with Gasteiger partial charge in [0, 0.05) is 30.6 Å². The third-order valence-corrected chi connectivity index (χ3v) is 8.63. The standard InChI is InChI=1S/C31H34ClN5O4S/c1-22(38)33-24-14-16-25(17-15-24)42(40,41)36(19-18-23-10-6-5-7-11-23)21-30(39)34-29-20-28(31(2,3)4)35-37(29)27-13-9-8-12-26(27)32/h5-17,20H,18-19,21H2,1-4H3,(H,33,38)(H,34,39). The Hall–Kier alpha value is -3.99. The Morgan fingerprint density at radius 2 is 1.57 bits per heavy atom. The molecule has 11 heteroatoms. The molecule has 0 saturated heterocycles. The summed E-state index contributed by atoms with van der Waals surface area (Å²) in [7, 11) is -4.07. The predicted molar refractivity (Wildman–Crippen MR) is 166 cm³/mol. The highest BCUT2D eigenvalue weighted by molar-refractivity contribution is 7.89. The Labute approximate surface area is 251 Å². The quantitative estimate of drug-likeness (QED) is 0.242. The molecule has 42 heavy (non-hydrogen) atoms. The SMILES string of the molecule is CC(=O)Nc1ccc(S(=O)(=O)N(CCc2ccccc2)CC(=O)Nc2cc(C(C)(C)C)nn2-c2ccccc2Cl)cc1. The number of benzene rings is 3. The number of halogens is 1. The molecule has 3 aromatic carbocycles. The van der Waals surface area contributed by atoms with Gasteiger partial charge in [0.05, 0.1) is 27.8 Å². The number of carbonyl (C=O) groups excluding carboxylic acids is 2. The molecule has 220 valence electrons. The maximum Gasteiger partial charge on any atom is 0.243 e. The van der Waals surface area contributed by atoms with E-state index < -0.39 is 22.5 Å². The van der Waals surface area contributed by atoms with Crippen molar-refractivity contribution in [3.05, 3.63) is 101 Å². The van der Waals surface area contributed by atoms with E-state index >= 15 is 0 Å². The van der Waals surface area contributed by atoms with Crippen LogP contribution in [-0.4, -0.2) is 47.4 Å². The van der Waals surface area contributed by atoms with Crippen molar-refractivity contribution < 1.29 is 18.0 Å². The van der Waals surface area contributed by atoms with Gasteiger partial charge in [0.25, 0.3) is 0 Å². The Balaban J connectivity index is 1.63. The summed E-state index contributed by atoms with van der Waals surface area (Å²) < 4.78 is 30.3. The van der Waals surface area contributed by atoms with Crippen molar-refractivity contribution in [3.8, 4) is 5.69 Å². The van der Waals surface area contributed by atoms with Crippen molar-refractivity contribution in [3.63, 3.8) is 0 Å². The number of nitrogens with one attached hydrogen (secondary N) is 2. The number of anilines is 2. The summed E-state index contributed by atoms with van der Waals surface area (Å²) in [6.07, 6.45) is 0.406. The van der Waals surface area contributed by atoms with Gasteiger partial charge in [-0.3, -0.25) is 9.59 Å². The Kier molecular flexibility index (Phi) is 9.50. The molecule has 0 aliphatic heterocycles. The van der Waals surface area contributed by atoms with E-state index in [0.29, 0.717) is 28.6 Å². The fourth-order valence-corrected chi connectivity index (χ4v) is 5.84. The summed E-state index contributed by atoms with van der Waals surface area (Å²) in [4.78, 5) is 24.9. The molecule has 0 aliphatic carbocycles. The van der Waals surface area contributed by atoms with Crippen LogP contribution in [0.3, 0.4) is 0 Å². The molecule has 9 nitrogen and oxygen atoms in total. The van der Waals surface area contributed by atoms with Crippen LogP contribution >= 0.6 is 11.6 Å². The van der Waals surface area contributed by atoms with Gasteiger partial charge >= 0.3 is 0 Å². The normalized spacial score (nSPS) is 11.9. The highest BCUT2D eigenvalue weighted by Gasteiger charge is 2.28. The van der Waals surface area contributed by atoms with E-state index in [1.54, 1.807) is 28.9 Å². The van der Waals surface area contributed by atoms with Crippen LogP contribution in [-0.2, 0) is 31.4 Å². The number of para-hydroxylation sites is 1. The van der Waals surface area contributed by atoms with Crippen LogP contribution in [0.15, 0.2) is 89.8 Å². The van der Waals surface area contributed by atoms with Gasteiger partial charge < -0.3 is 10.6 Å². The minimum atomic E-state index is -4.07. The van der Waals surface area contributed by atoms with Crippen LogP contribution in [0, 0.1) is 0 Å². The molecule has 0 saturated carbocycles. The first-order valence-electron chi connectivity index (χ1n) is 13.4. The lowest BCUT2D eigenvalue weighted by Gasteiger charge is -2.22. The number of nitrogens with zero attached hydrogens (tertiary/aromatic N) is 3. The molecule has 4 rings (SSSR count). The summed E-state index contributed by atoms with van der Waals surface area (Å²) in [5.41, 5.74) is 2.40. The number of carbonyl (C=O) groups is 2. The lowest BCUT2D eigenvalue weighted by atomic mass is 9.92. The van der Waals surface area contributed by atoms with Gasteiger partial charge in [-0.25, -0.2) is 13.1 Å². The summed E-state index contributed by atoms with van der Waals surface area (Å²) in [6, 6.07) is 24.2. The highest BCUT2D eigenvalue weighted by Crippen LogP contribution is 2.29. The summed E-state index contributed by atoms with van der Waals surface area (Å²) >= 11 is 6.46. The lowest BCUT2D eigenvalue weighted by Crippen LogP contribution is -2.39. The van der Waals surface area contributed by atoms with E-state index in [0.717, 1.165) is 15.6 Å². The van der Waals surface area contributed by atoms with Crippen LogP contribution in [0.5, 0.6) is 0 Å². The first kappa shape index (κ1) is 31.0. The second kappa shape index (κ2) is 12.9. The molecule has 4 aromatic rings. The predicted octanol–water partition coefficient (Wildman–Crippen LogP) is 5.65. The van der Waals surface area contributed by atoms with Crippen LogP contribution in [0.4, 0.5) is 11.5 Å². The average molecular weight is 608 g/mol. The smallest absolute Gasteiger partial charge is 0.243 e. The van der Waals surface area contributed by atoms with Crippen LogP contribution in [0.25, 0.3) is 5.69 Å². The monoisotopic (exact) mass is 607 g/mol. The highest BCUT2D eigenvalue weighted by atomic mass is 35.5. The van der Waals surface area contributed by atoms with Gasteiger partial charge in [0.15, 0.2) is 0 Å². The fourth-order valence-electron chi connectivity index (χ4n) is 4.23. The number of hydrogen-bond donors (Lipinski definition) is 2. The zero-order valence-electron chi connectivity index (χ0n) is 24.0. The lowest BCUT2D eigenvalue weighted by molar-refractivity contribution is -0.116. The largest absolute Gasteiger partial charge is 0.326 e. The van der Waals surface area contributed by atoms with Gasteiger partial charge in [0.1, 0.15) is 5.82 Å². The Bertz CT molecular complexity index is 1660. The van der Waals surface area contributed by atoms with Crippen molar-refractivity contribution >= 4 is 44.9 Å². The van der Waals surface area contributed by atoms with Gasteiger partial charge in [-0.2, -0.15) is 9.40 Å². The summed E-state index contributed by atoms with van der Waals surface area (Å²) in [5.74, 6) is -0.425. The van der Waals surface area contributed by atoms with Crippen molar-refractivity contribution in [2.75, 3.05) is 23.7 Å². The minimum Gasteiger partial charge on any atom is -0.326 e. The number of aromatic nitrogens is 2. The van der Waals surface area contributed by atoms with Gasteiger partial charge in [-0.05, 0) is 48.4 Å². The number of sulfonamides is 1. The first-order chi connectivity index (χ1) is 19.8.